The minimum Gasteiger partial charge on any atom is -0.497 e. The van der Waals surface area contributed by atoms with Crippen molar-refractivity contribution in [2.24, 2.45) is 5.92 Å². The van der Waals surface area contributed by atoms with Crippen LogP contribution >= 0.6 is 0 Å². The summed E-state index contributed by atoms with van der Waals surface area (Å²) in [6.07, 6.45) is 0.0908. The third-order valence-electron chi connectivity index (χ3n) is 5.89. The summed E-state index contributed by atoms with van der Waals surface area (Å²) in [4.78, 5) is 41.6. The van der Waals surface area contributed by atoms with E-state index in [9.17, 15) is 14.4 Å². The van der Waals surface area contributed by atoms with Gasteiger partial charge in [0, 0.05) is 12.1 Å². The van der Waals surface area contributed by atoms with Crippen LogP contribution in [0.4, 0.5) is 4.79 Å². The Morgan fingerprint density at radius 3 is 2.43 bits per heavy atom. The average molecular weight is 408 g/mol. The van der Waals surface area contributed by atoms with E-state index in [4.69, 9.17) is 9.47 Å². The zero-order chi connectivity index (χ0) is 21.3. The highest BCUT2D eigenvalue weighted by atomic mass is 16.6. The van der Waals surface area contributed by atoms with Crippen LogP contribution in [0.3, 0.4) is 0 Å². The Morgan fingerprint density at radius 1 is 1.07 bits per heavy atom. The Balaban J connectivity index is 1.48. The molecule has 2 aliphatic rings. The first-order valence-electron chi connectivity index (χ1n) is 10.00. The molecular formula is C23H24N2O5. The molecule has 2 fully saturated rings. The number of benzene rings is 2. The number of rotatable bonds is 4. The predicted octanol–water partition coefficient (Wildman–Crippen LogP) is 3.09. The number of carbonyl (C=O) groups excluding carboxylic acids is 3. The van der Waals surface area contributed by atoms with Crippen LogP contribution in [0.25, 0.3) is 0 Å². The minimum atomic E-state index is -0.469. The van der Waals surface area contributed by atoms with Gasteiger partial charge < -0.3 is 14.4 Å². The third kappa shape index (κ3) is 3.51. The van der Waals surface area contributed by atoms with Gasteiger partial charge >= 0.3 is 6.09 Å². The second-order valence-electron chi connectivity index (χ2n) is 7.61. The van der Waals surface area contributed by atoms with Crippen molar-refractivity contribution in [3.63, 3.8) is 0 Å². The molecule has 0 N–H and O–H groups in total. The molecule has 3 atom stereocenters. The number of hydrogen-bond acceptors (Lipinski definition) is 5. The Bertz CT molecular complexity index is 944. The van der Waals surface area contributed by atoms with Crippen LogP contribution in [0.5, 0.6) is 5.75 Å². The van der Waals surface area contributed by atoms with Crippen molar-refractivity contribution < 1.29 is 23.9 Å². The first kappa shape index (κ1) is 19.9. The molecule has 30 heavy (non-hydrogen) atoms. The molecule has 4 rings (SSSR count). The molecule has 7 nitrogen and oxygen atoms in total. The van der Waals surface area contributed by atoms with E-state index in [1.807, 2.05) is 30.3 Å². The number of fused-ring (bicyclic) bond motifs is 1. The molecule has 156 valence electrons. The average Bonchev–Trinajstić information content (AvgIpc) is 3.31. The van der Waals surface area contributed by atoms with Crippen LogP contribution in [0.1, 0.15) is 29.3 Å². The lowest BCUT2D eigenvalue weighted by Gasteiger charge is -2.25. The van der Waals surface area contributed by atoms with Crippen LogP contribution in [0.2, 0.25) is 0 Å². The van der Waals surface area contributed by atoms with Gasteiger partial charge in [0.05, 0.1) is 25.1 Å². The van der Waals surface area contributed by atoms with Gasteiger partial charge in [0.1, 0.15) is 12.4 Å². The first-order chi connectivity index (χ1) is 14.5. The molecule has 0 aliphatic carbocycles. The molecule has 0 saturated carbocycles. The fourth-order valence-corrected chi connectivity index (χ4v) is 4.35. The molecule has 2 aromatic carbocycles. The molecule has 2 saturated heterocycles. The van der Waals surface area contributed by atoms with Crippen LogP contribution in [-0.4, -0.2) is 53.4 Å². The summed E-state index contributed by atoms with van der Waals surface area (Å²) in [5.74, 6) is -0.435. The number of imide groups is 1. The van der Waals surface area contributed by atoms with Gasteiger partial charge in [-0.2, -0.15) is 0 Å². The van der Waals surface area contributed by atoms with Crippen LogP contribution in [0, 0.1) is 5.92 Å². The van der Waals surface area contributed by atoms with Crippen LogP contribution in [-0.2, 0) is 16.1 Å². The summed E-state index contributed by atoms with van der Waals surface area (Å²) in [6.45, 7) is 2.39. The van der Waals surface area contributed by atoms with E-state index in [0.29, 0.717) is 24.3 Å². The fourth-order valence-electron chi connectivity index (χ4n) is 4.35. The fraction of sp³-hybridized carbons (Fsp3) is 0.348. The van der Waals surface area contributed by atoms with E-state index in [1.54, 1.807) is 43.2 Å². The van der Waals surface area contributed by atoms with Crippen LogP contribution in [0.15, 0.2) is 54.6 Å². The second kappa shape index (κ2) is 8.18. The third-order valence-corrected chi connectivity index (χ3v) is 5.89. The van der Waals surface area contributed by atoms with Gasteiger partial charge in [-0.3, -0.25) is 14.5 Å². The number of nitrogens with zero attached hydrogens (tertiary/aromatic N) is 2. The van der Waals surface area contributed by atoms with Crippen molar-refractivity contribution >= 4 is 17.9 Å². The van der Waals surface area contributed by atoms with Gasteiger partial charge in [0.25, 0.3) is 5.91 Å². The van der Waals surface area contributed by atoms with Crippen molar-refractivity contribution in [1.29, 1.82) is 0 Å². The highest BCUT2D eigenvalue weighted by Gasteiger charge is 2.55. The SMILES string of the molecule is COc1ccc(C(=O)N2C(=O)[C@@H](C)[C@@H]3[C@@H]2CCN3C(=O)OCc2ccccc2)cc1. The molecule has 0 aromatic heterocycles. The predicted molar refractivity (Wildman–Crippen MR) is 109 cm³/mol. The maximum atomic E-state index is 13.1. The van der Waals surface area contributed by atoms with Crippen molar-refractivity contribution in [2.45, 2.75) is 32.0 Å². The highest BCUT2D eigenvalue weighted by Crippen LogP contribution is 2.37. The zero-order valence-electron chi connectivity index (χ0n) is 17.0. The minimum absolute atomic E-state index is 0.171. The van der Waals surface area contributed by atoms with Crippen molar-refractivity contribution in [1.82, 2.24) is 9.80 Å². The molecule has 0 radical (unpaired) electrons. The highest BCUT2D eigenvalue weighted by molar-refractivity contribution is 6.07. The van der Waals surface area contributed by atoms with E-state index in [0.717, 1.165) is 5.56 Å². The first-order valence-corrected chi connectivity index (χ1v) is 10.00. The van der Waals surface area contributed by atoms with E-state index in [1.165, 1.54) is 4.90 Å². The number of likely N-dealkylation sites (tertiary alicyclic amines) is 2. The quantitative estimate of drug-likeness (QED) is 0.727. The molecule has 2 aliphatic heterocycles. The zero-order valence-corrected chi connectivity index (χ0v) is 17.0. The maximum absolute atomic E-state index is 13.1. The lowest BCUT2D eigenvalue weighted by Crippen LogP contribution is -2.43. The molecule has 3 amide bonds. The Kier molecular flexibility index (Phi) is 5.44. The normalized spacial score (nSPS) is 22.7. The van der Waals surface area contributed by atoms with Gasteiger partial charge in [-0.05, 0) is 36.2 Å². The molecule has 0 spiro atoms. The van der Waals surface area contributed by atoms with E-state index in [-0.39, 0.29) is 30.5 Å². The van der Waals surface area contributed by atoms with E-state index < -0.39 is 12.0 Å². The standard InChI is InChI=1S/C23H24N2O5/c1-15-20-19(12-13-24(20)23(28)30-14-16-6-4-3-5-7-16)25(21(15)26)22(27)17-8-10-18(29-2)11-9-17/h3-11,15,19-20H,12-14H2,1-2H3/t15-,19-,20+/m0/s1. The summed E-state index contributed by atoms with van der Waals surface area (Å²) < 4.78 is 10.6. The molecule has 7 heteroatoms. The van der Waals surface area contributed by atoms with Gasteiger partial charge in [-0.1, -0.05) is 37.3 Å². The van der Waals surface area contributed by atoms with Crippen molar-refractivity contribution in [2.75, 3.05) is 13.7 Å². The molecular weight excluding hydrogens is 384 g/mol. The number of methoxy groups -OCH3 is 1. The second-order valence-corrected chi connectivity index (χ2v) is 7.61. The number of amides is 3. The van der Waals surface area contributed by atoms with Crippen LogP contribution < -0.4 is 4.74 Å². The Labute approximate surface area is 175 Å². The monoisotopic (exact) mass is 408 g/mol. The summed E-state index contributed by atoms with van der Waals surface area (Å²) in [5.41, 5.74) is 1.32. The summed E-state index contributed by atoms with van der Waals surface area (Å²) >= 11 is 0. The Morgan fingerprint density at radius 2 is 1.77 bits per heavy atom. The maximum Gasteiger partial charge on any atom is 0.410 e. The number of carbonyl (C=O) groups is 3. The lowest BCUT2D eigenvalue weighted by molar-refractivity contribution is -0.129. The lowest BCUT2D eigenvalue weighted by atomic mass is 10.0. The van der Waals surface area contributed by atoms with Gasteiger partial charge in [-0.15, -0.1) is 0 Å². The van der Waals surface area contributed by atoms with Gasteiger partial charge in [-0.25, -0.2) is 4.79 Å². The van der Waals surface area contributed by atoms with Gasteiger partial charge in [0.15, 0.2) is 0 Å². The number of ether oxygens (including phenoxy) is 2. The van der Waals surface area contributed by atoms with Crippen molar-refractivity contribution in [3.05, 3.63) is 65.7 Å². The summed E-state index contributed by atoms with van der Waals surface area (Å²) in [5, 5.41) is 0. The topological polar surface area (TPSA) is 76.2 Å². The molecule has 0 bridgehead atoms. The van der Waals surface area contributed by atoms with Gasteiger partial charge in [0.2, 0.25) is 5.91 Å². The van der Waals surface area contributed by atoms with Crippen molar-refractivity contribution in [3.8, 4) is 5.75 Å². The summed E-state index contributed by atoms with van der Waals surface area (Å²) in [6, 6.07) is 15.4. The number of hydrogen-bond donors (Lipinski definition) is 0. The summed E-state index contributed by atoms with van der Waals surface area (Å²) in [7, 11) is 1.55. The van der Waals surface area contributed by atoms with E-state index >= 15 is 0 Å². The molecule has 2 heterocycles. The largest absolute Gasteiger partial charge is 0.497 e. The molecule has 2 aromatic rings. The molecule has 0 unspecified atom stereocenters. The smallest absolute Gasteiger partial charge is 0.410 e. The Hall–Kier alpha value is -3.35. The van der Waals surface area contributed by atoms with E-state index in [2.05, 4.69) is 0 Å².